The van der Waals surface area contributed by atoms with Gasteiger partial charge >= 0.3 is 6.09 Å². The van der Waals surface area contributed by atoms with Gasteiger partial charge in [0.25, 0.3) is 11.8 Å². The number of carbonyl (C=O) groups excluding carboxylic acids is 5. The molecule has 6 aromatic rings. The predicted molar refractivity (Wildman–Crippen MR) is 343 cm³/mol. The van der Waals surface area contributed by atoms with E-state index in [4.69, 9.17) is 19.9 Å². The van der Waals surface area contributed by atoms with Crippen LogP contribution in [0, 0.1) is 0 Å². The standard InChI is InChI=1S/C26H31N3O4.C21H23N3O2.2C7H8O.4C2H6/c1-26(2,3)33-25(32)27-21-16-17-28(18-21)24(31)19-29(22-12-8-5-9-13-22)23(30)15-14-20-10-6-4-7-11-20;22-18-13-14-23(15-18)21(26)16-24(19-9-5-2-6-10-19)20(25)12-11-17-7-3-1-4-8-17;2*1-8-7-5-3-2-4-6-7;4*1-2/h4-15,21H,16-19H2,1-3H3,(H,27,32);1-12,18H,13-16,22H2;2*2-6H,1H3;4*1-2H3/b15-14+;12-11+;;;;;;/t21-;18-;;;;;;/m00....../s1. The molecule has 2 heterocycles. The maximum Gasteiger partial charge on any atom is 0.407 e. The first-order valence-corrected chi connectivity index (χ1v) is 28.9. The van der Waals surface area contributed by atoms with E-state index in [9.17, 15) is 24.0 Å². The van der Waals surface area contributed by atoms with E-state index in [1.807, 2.05) is 225 Å². The summed E-state index contributed by atoms with van der Waals surface area (Å²) in [6.45, 7) is 23.4. The summed E-state index contributed by atoms with van der Waals surface area (Å²) in [6.07, 6.45) is 7.43. The average molecular weight is 1140 g/mol. The van der Waals surface area contributed by atoms with Crippen LogP contribution in [0.15, 0.2) is 194 Å². The summed E-state index contributed by atoms with van der Waals surface area (Å²) in [5.74, 6) is 1.06. The van der Waals surface area contributed by atoms with Crippen LogP contribution in [0.3, 0.4) is 0 Å². The van der Waals surface area contributed by atoms with Crippen molar-refractivity contribution in [1.82, 2.24) is 15.1 Å². The molecule has 0 spiro atoms. The SMILES string of the molecule is CC.CC.CC.CC.CC(C)(C)OC(=O)N[C@H]1CCN(C(=O)CN(C(=O)/C=C/c2ccccc2)c2ccccc2)C1.COc1ccccc1.COc1ccccc1.N[C@H]1CCN(C(=O)CN(C(=O)/C=C/c2ccccc2)c2ccccc2)C1. The number of amides is 5. The maximum atomic E-state index is 13.0. The van der Waals surface area contributed by atoms with E-state index in [2.05, 4.69) is 5.32 Å². The van der Waals surface area contributed by atoms with Crippen LogP contribution in [0.25, 0.3) is 12.2 Å². The highest BCUT2D eigenvalue weighted by molar-refractivity contribution is 6.07. The molecule has 0 saturated carbocycles. The fourth-order valence-corrected chi connectivity index (χ4v) is 7.63. The number of nitrogens with two attached hydrogens (primary N) is 1. The number of para-hydroxylation sites is 4. The molecule has 2 atom stereocenters. The molecule has 83 heavy (non-hydrogen) atoms. The molecule has 2 aliphatic heterocycles. The van der Waals surface area contributed by atoms with Crippen molar-refractivity contribution in [2.45, 2.75) is 107 Å². The van der Waals surface area contributed by atoms with Gasteiger partial charge in [-0.15, -0.1) is 0 Å². The van der Waals surface area contributed by atoms with Gasteiger partial charge in [0.15, 0.2) is 0 Å². The Hall–Kier alpha value is -8.49. The van der Waals surface area contributed by atoms with Gasteiger partial charge in [-0.2, -0.15) is 0 Å². The monoisotopic (exact) mass is 1130 g/mol. The molecule has 0 aromatic heterocycles. The second-order valence-electron chi connectivity index (χ2n) is 18.4. The van der Waals surface area contributed by atoms with E-state index in [1.54, 1.807) is 69.1 Å². The molecular weight excluding hydrogens is 1040 g/mol. The summed E-state index contributed by atoms with van der Waals surface area (Å²) >= 11 is 0. The number of likely N-dealkylation sites (tertiary alicyclic amines) is 2. The Morgan fingerprint density at radius 3 is 1.14 bits per heavy atom. The molecule has 2 fully saturated rings. The predicted octanol–water partition coefficient (Wildman–Crippen LogP) is 13.6. The summed E-state index contributed by atoms with van der Waals surface area (Å²) < 4.78 is 15.1. The van der Waals surface area contributed by atoms with Crippen molar-refractivity contribution in [1.29, 1.82) is 0 Å². The first-order chi connectivity index (χ1) is 40.2. The largest absolute Gasteiger partial charge is 0.497 e. The Labute approximate surface area is 496 Å². The van der Waals surface area contributed by atoms with Crippen LogP contribution in [0.5, 0.6) is 11.5 Å². The Morgan fingerprint density at radius 1 is 0.506 bits per heavy atom. The van der Waals surface area contributed by atoms with Gasteiger partial charge < -0.3 is 35.1 Å². The van der Waals surface area contributed by atoms with E-state index < -0.39 is 11.7 Å². The minimum atomic E-state index is -0.581. The van der Waals surface area contributed by atoms with E-state index >= 15 is 0 Å². The topological polar surface area (TPSA) is 164 Å². The van der Waals surface area contributed by atoms with E-state index in [-0.39, 0.29) is 48.8 Å². The fraction of sp³-hybridized carbons (Fsp3) is 0.348. The zero-order valence-corrected chi connectivity index (χ0v) is 51.6. The van der Waals surface area contributed by atoms with Crippen molar-refractivity contribution >= 4 is 53.2 Å². The number of nitrogens with zero attached hydrogens (tertiary/aromatic N) is 4. The Morgan fingerprint density at radius 2 is 0.831 bits per heavy atom. The summed E-state index contributed by atoms with van der Waals surface area (Å²) in [6, 6.07) is 56.7. The molecule has 14 heteroatoms. The van der Waals surface area contributed by atoms with Gasteiger partial charge in [0.1, 0.15) is 30.2 Å². The lowest BCUT2D eigenvalue weighted by Gasteiger charge is -2.25. The highest BCUT2D eigenvalue weighted by atomic mass is 16.6. The minimum Gasteiger partial charge on any atom is -0.497 e. The zero-order valence-electron chi connectivity index (χ0n) is 51.6. The second-order valence-corrected chi connectivity index (χ2v) is 18.4. The van der Waals surface area contributed by atoms with Gasteiger partial charge in [0.2, 0.25) is 11.8 Å². The van der Waals surface area contributed by atoms with Gasteiger partial charge in [-0.1, -0.05) is 189 Å². The third-order valence-electron chi connectivity index (χ3n) is 11.5. The van der Waals surface area contributed by atoms with Gasteiger partial charge in [-0.05, 0) is 105 Å². The fourth-order valence-electron chi connectivity index (χ4n) is 7.63. The third-order valence-corrected chi connectivity index (χ3v) is 11.5. The number of anilines is 2. The molecule has 6 aromatic carbocycles. The summed E-state index contributed by atoms with van der Waals surface area (Å²) in [4.78, 5) is 69.8. The van der Waals surface area contributed by atoms with Crippen molar-refractivity contribution in [2.75, 3.05) is 63.3 Å². The molecule has 0 radical (unpaired) electrons. The van der Waals surface area contributed by atoms with Crippen molar-refractivity contribution in [2.24, 2.45) is 5.73 Å². The number of benzene rings is 6. The van der Waals surface area contributed by atoms with Crippen LogP contribution in [-0.2, 0) is 23.9 Å². The number of ether oxygens (including phenoxy) is 3. The van der Waals surface area contributed by atoms with Crippen molar-refractivity contribution in [3.8, 4) is 11.5 Å². The lowest BCUT2D eigenvalue weighted by atomic mass is 10.2. The molecule has 0 aliphatic carbocycles. The lowest BCUT2D eigenvalue weighted by molar-refractivity contribution is -0.130. The molecule has 0 unspecified atom stereocenters. The van der Waals surface area contributed by atoms with Crippen molar-refractivity contribution in [3.05, 3.63) is 205 Å². The van der Waals surface area contributed by atoms with Gasteiger partial charge in [0.05, 0.1) is 20.3 Å². The normalized spacial score (nSPS) is 13.6. The quantitative estimate of drug-likeness (QED) is 0.107. The van der Waals surface area contributed by atoms with Crippen molar-refractivity contribution in [3.63, 3.8) is 0 Å². The first-order valence-electron chi connectivity index (χ1n) is 28.9. The van der Waals surface area contributed by atoms with E-state index in [0.717, 1.165) is 29.0 Å². The molecular formula is C69H94N6O8. The summed E-state index contributed by atoms with van der Waals surface area (Å²) in [7, 11) is 3.32. The molecule has 2 aliphatic rings. The summed E-state index contributed by atoms with van der Waals surface area (Å²) in [5, 5.41) is 2.82. The Bertz CT molecular complexity index is 2670. The van der Waals surface area contributed by atoms with E-state index in [1.165, 1.54) is 22.0 Å². The Balaban J connectivity index is 0.000000603. The first kappa shape index (κ1) is 72.5. The number of nitrogens with one attached hydrogen (secondary N) is 1. The van der Waals surface area contributed by atoms with Crippen LogP contribution in [-0.4, -0.2) is 111 Å². The minimum absolute atomic E-state index is 0.00863. The number of carbonyl (C=O) groups is 5. The lowest BCUT2D eigenvalue weighted by Crippen LogP contribution is -2.44. The molecule has 448 valence electrons. The number of methoxy groups -OCH3 is 2. The molecule has 0 bridgehead atoms. The van der Waals surface area contributed by atoms with Crippen molar-refractivity contribution < 1.29 is 38.2 Å². The molecule has 3 N–H and O–H groups in total. The third kappa shape index (κ3) is 29.7. The Kier molecular flexibility index (Phi) is 37.8. The van der Waals surface area contributed by atoms with E-state index in [0.29, 0.717) is 44.0 Å². The summed E-state index contributed by atoms with van der Waals surface area (Å²) in [5.41, 5.74) is 8.50. The molecule has 14 nitrogen and oxygen atoms in total. The van der Waals surface area contributed by atoms with Gasteiger partial charge in [0, 0.05) is 55.7 Å². The van der Waals surface area contributed by atoms with Crippen LogP contribution < -0.4 is 30.3 Å². The highest BCUT2D eigenvalue weighted by Crippen LogP contribution is 2.19. The molecule has 5 amide bonds. The number of alkyl carbamates (subject to hydrolysis) is 1. The van der Waals surface area contributed by atoms with Gasteiger partial charge in [-0.3, -0.25) is 29.0 Å². The number of rotatable bonds is 13. The molecule has 8 rings (SSSR count). The maximum absolute atomic E-state index is 13.0. The smallest absolute Gasteiger partial charge is 0.407 e. The van der Waals surface area contributed by atoms with Crippen LogP contribution in [0.2, 0.25) is 0 Å². The van der Waals surface area contributed by atoms with Crippen LogP contribution in [0.1, 0.15) is 100 Å². The molecule has 2 saturated heterocycles. The zero-order chi connectivity index (χ0) is 61.8. The highest BCUT2D eigenvalue weighted by Gasteiger charge is 2.31. The number of hydrogen-bond donors (Lipinski definition) is 2. The van der Waals surface area contributed by atoms with Crippen LogP contribution in [0.4, 0.5) is 16.2 Å². The van der Waals surface area contributed by atoms with Crippen LogP contribution >= 0.6 is 0 Å². The van der Waals surface area contributed by atoms with Gasteiger partial charge in [-0.25, -0.2) is 4.79 Å². The second kappa shape index (κ2) is 43.3. The average Bonchev–Trinajstić information content (AvgIpc) is 4.21. The number of hydrogen-bond acceptors (Lipinski definition) is 9.